The predicted molar refractivity (Wildman–Crippen MR) is 89.2 cm³/mol. The molecule has 1 aromatic rings. The van der Waals surface area contributed by atoms with Crippen LogP contribution < -0.4 is 14.8 Å². The second-order valence-electron chi connectivity index (χ2n) is 6.30. The summed E-state index contributed by atoms with van der Waals surface area (Å²) in [4.78, 5) is 23.6. The van der Waals surface area contributed by atoms with E-state index in [1.165, 1.54) is 0 Å². The van der Waals surface area contributed by atoms with Gasteiger partial charge in [0.05, 0.1) is 18.1 Å². The Bertz CT molecular complexity index is 571. The van der Waals surface area contributed by atoms with Gasteiger partial charge in [-0.05, 0) is 51.0 Å². The highest BCUT2D eigenvalue weighted by Crippen LogP contribution is 2.33. The first-order chi connectivity index (χ1) is 11.4. The van der Waals surface area contributed by atoms with E-state index in [4.69, 9.17) is 9.47 Å². The van der Waals surface area contributed by atoms with Crippen LogP contribution in [0.5, 0.6) is 11.5 Å². The van der Waals surface area contributed by atoms with E-state index in [1.54, 1.807) is 31.2 Å². The number of nitrogens with one attached hydrogen (secondary N) is 1. The first-order valence-corrected chi connectivity index (χ1v) is 8.34. The van der Waals surface area contributed by atoms with Crippen molar-refractivity contribution in [3.05, 3.63) is 24.3 Å². The normalized spacial score (nSPS) is 23.3. The summed E-state index contributed by atoms with van der Waals surface area (Å²) in [6, 6.07) is 7.03. The van der Waals surface area contributed by atoms with Crippen molar-refractivity contribution in [1.82, 2.24) is 5.32 Å². The molecule has 0 saturated heterocycles. The molecule has 24 heavy (non-hydrogen) atoms. The van der Waals surface area contributed by atoms with E-state index >= 15 is 0 Å². The highest BCUT2D eigenvalue weighted by atomic mass is 16.5. The topological polar surface area (TPSA) is 84.9 Å². The molecule has 0 spiro atoms. The Morgan fingerprint density at radius 2 is 1.83 bits per heavy atom. The number of carbonyl (C=O) groups is 2. The van der Waals surface area contributed by atoms with Gasteiger partial charge in [0.2, 0.25) is 0 Å². The van der Waals surface area contributed by atoms with Crippen molar-refractivity contribution in [2.45, 2.75) is 45.1 Å². The van der Waals surface area contributed by atoms with Gasteiger partial charge in [-0.3, -0.25) is 9.59 Å². The summed E-state index contributed by atoms with van der Waals surface area (Å²) >= 11 is 0. The zero-order valence-electron chi connectivity index (χ0n) is 14.2. The molecule has 1 aliphatic rings. The Morgan fingerprint density at radius 3 is 2.42 bits per heavy atom. The zero-order chi connectivity index (χ0) is 17.6. The SMILES string of the molecule is CCOc1ccc(OCC(=O)NC2(C)CCCCC2C(=O)O)cc1. The third-order valence-corrected chi connectivity index (χ3v) is 4.44. The fraction of sp³-hybridized carbons (Fsp3) is 0.556. The van der Waals surface area contributed by atoms with E-state index in [9.17, 15) is 14.7 Å². The molecule has 0 aliphatic heterocycles. The molecule has 2 atom stereocenters. The molecule has 2 rings (SSSR count). The van der Waals surface area contributed by atoms with Gasteiger partial charge in [0, 0.05) is 0 Å². The summed E-state index contributed by atoms with van der Waals surface area (Å²) in [6.07, 6.45) is 3.05. The maximum atomic E-state index is 12.2. The second-order valence-corrected chi connectivity index (χ2v) is 6.30. The van der Waals surface area contributed by atoms with Crippen molar-refractivity contribution in [3.63, 3.8) is 0 Å². The van der Waals surface area contributed by atoms with Crippen molar-refractivity contribution in [2.75, 3.05) is 13.2 Å². The maximum Gasteiger partial charge on any atom is 0.308 e. The Labute approximate surface area is 142 Å². The largest absolute Gasteiger partial charge is 0.494 e. The van der Waals surface area contributed by atoms with Gasteiger partial charge in [-0.2, -0.15) is 0 Å². The molecule has 2 N–H and O–H groups in total. The van der Waals surface area contributed by atoms with Gasteiger partial charge in [0.15, 0.2) is 6.61 Å². The van der Waals surface area contributed by atoms with Crippen molar-refractivity contribution < 1.29 is 24.2 Å². The van der Waals surface area contributed by atoms with E-state index in [-0.39, 0.29) is 12.5 Å². The van der Waals surface area contributed by atoms with Crippen LogP contribution in [0, 0.1) is 5.92 Å². The molecule has 0 radical (unpaired) electrons. The number of amides is 1. The minimum Gasteiger partial charge on any atom is -0.494 e. The maximum absolute atomic E-state index is 12.2. The van der Waals surface area contributed by atoms with Crippen molar-refractivity contribution >= 4 is 11.9 Å². The van der Waals surface area contributed by atoms with Gasteiger partial charge in [-0.25, -0.2) is 0 Å². The van der Waals surface area contributed by atoms with E-state index in [1.807, 2.05) is 6.92 Å². The summed E-state index contributed by atoms with van der Waals surface area (Å²) in [5.74, 6) is -0.407. The van der Waals surface area contributed by atoms with Gasteiger partial charge >= 0.3 is 5.97 Å². The molecule has 0 heterocycles. The molecule has 132 valence electrons. The number of carboxylic acid groups (broad SMARTS) is 1. The molecule has 1 amide bonds. The average Bonchev–Trinajstić information content (AvgIpc) is 2.54. The zero-order valence-corrected chi connectivity index (χ0v) is 14.2. The Balaban J connectivity index is 1.88. The minimum atomic E-state index is -0.857. The fourth-order valence-electron chi connectivity index (χ4n) is 3.18. The van der Waals surface area contributed by atoms with Crippen LogP contribution in [-0.4, -0.2) is 35.7 Å². The summed E-state index contributed by atoms with van der Waals surface area (Å²) in [5, 5.41) is 12.2. The van der Waals surface area contributed by atoms with Crippen molar-refractivity contribution in [2.24, 2.45) is 5.92 Å². The smallest absolute Gasteiger partial charge is 0.308 e. The summed E-state index contributed by atoms with van der Waals surface area (Å²) in [5.41, 5.74) is -0.719. The van der Waals surface area contributed by atoms with Crippen molar-refractivity contribution in [3.8, 4) is 11.5 Å². The molecule has 6 heteroatoms. The number of benzene rings is 1. The monoisotopic (exact) mass is 335 g/mol. The molecule has 1 aromatic carbocycles. The van der Waals surface area contributed by atoms with Gasteiger partial charge in [-0.1, -0.05) is 12.8 Å². The van der Waals surface area contributed by atoms with Gasteiger partial charge in [0.1, 0.15) is 11.5 Å². The number of carboxylic acids is 1. The fourth-order valence-corrected chi connectivity index (χ4v) is 3.18. The lowest BCUT2D eigenvalue weighted by Gasteiger charge is -2.39. The number of aliphatic carboxylic acids is 1. The highest BCUT2D eigenvalue weighted by molar-refractivity contribution is 5.80. The lowest BCUT2D eigenvalue weighted by Crippen LogP contribution is -2.56. The predicted octanol–water partition coefficient (Wildman–Crippen LogP) is 2.61. The Hall–Kier alpha value is -2.24. The molecule has 6 nitrogen and oxygen atoms in total. The van der Waals surface area contributed by atoms with Crippen LogP contribution in [0.3, 0.4) is 0 Å². The van der Waals surface area contributed by atoms with Crippen LogP contribution in [0.2, 0.25) is 0 Å². The molecule has 1 fully saturated rings. The van der Waals surface area contributed by atoms with Crippen LogP contribution in [0.25, 0.3) is 0 Å². The van der Waals surface area contributed by atoms with E-state index in [0.29, 0.717) is 25.2 Å². The van der Waals surface area contributed by atoms with Gasteiger partial charge < -0.3 is 19.9 Å². The van der Waals surface area contributed by atoms with Crippen molar-refractivity contribution in [1.29, 1.82) is 0 Å². The van der Waals surface area contributed by atoms with Crippen LogP contribution in [0.1, 0.15) is 39.5 Å². The molecular weight excluding hydrogens is 310 g/mol. The highest BCUT2D eigenvalue weighted by Gasteiger charge is 2.42. The van der Waals surface area contributed by atoms with Gasteiger partial charge in [-0.15, -0.1) is 0 Å². The third-order valence-electron chi connectivity index (χ3n) is 4.44. The Morgan fingerprint density at radius 1 is 1.21 bits per heavy atom. The first-order valence-electron chi connectivity index (χ1n) is 8.34. The van der Waals surface area contributed by atoms with Crippen LogP contribution in [-0.2, 0) is 9.59 Å². The molecule has 0 bridgehead atoms. The number of ether oxygens (including phenoxy) is 2. The number of carbonyl (C=O) groups excluding carboxylic acids is 1. The lowest BCUT2D eigenvalue weighted by molar-refractivity contribution is -0.146. The van der Waals surface area contributed by atoms with E-state index < -0.39 is 17.4 Å². The van der Waals surface area contributed by atoms with Gasteiger partial charge in [0.25, 0.3) is 5.91 Å². The molecule has 0 aromatic heterocycles. The summed E-state index contributed by atoms with van der Waals surface area (Å²) in [6.45, 7) is 4.16. The van der Waals surface area contributed by atoms with Crippen LogP contribution in [0.15, 0.2) is 24.3 Å². The van der Waals surface area contributed by atoms with Crippen LogP contribution >= 0.6 is 0 Å². The molecule has 1 aliphatic carbocycles. The Kier molecular flexibility index (Phi) is 6.06. The van der Waals surface area contributed by atoms with E-state index in [2.05, 4.69) is 5.32 Å². The van der Waals surface area contributed by atoms with Crippen LogP contribution in [0.4, 0.5) is 0 Å². The standard InChI is InChI=1S/C18H25NO5/c1-3-23-13-7-9-14(10-8-13)24-12-16(20)19-18(2)11-5-4-6-15(18)17(21)22/h7-10,15H,3-6,11-12H2,1-2H3,(H,19,20)(H,21,22). The lowest BCUT2D eigenvalue weighted by atomic mass is 9.74. The number of hydrogen-bond donors (Lipinski definition) is 2. The second kappa shape index (κ2) is 8.04. The molecule has 2 unspecified atom stereocenters. The third kappa shape index (κ3) is 4.63. The summed E-state index contributed by atoms with van der Waals surface area (Å²) in [7, 11) is 0. The minimum absolute atomic E-state index is 0.143. The molecular formula is C18H25NO5. The molecule has 1 saturated carbocycles. The quantitative estimate of drug-likeness (QED) is 0.800. The number of hydrogen-bond acceptors (Lipinski definition) is 4. The van der Waals surface area contributed by atoms with E-state index in [0.717, 1.165) is 18.6 Å². The summed E-state index contributed by atoms with van der Waals surface area (Å²) < 4.78 is 10.8. The average molecular weight is 335 g/mol. The first kappa shape index (κ1) is 18.1. The number of rotatable bonds is 7.